The molecule has 2 amide bonds. The number of thiazole rings is 1. The van der Waals surface area contributed by atoms with Gasteiger partial charge in [0.1, 0.15) is 6.54 Å². The topological polar surface area (TPSA) is 67.2 Å². The van der Waals surface area contributed by atoms with Crippen LogP contribution in [0.25, 0.3) is 10.9 Å². The van der Waals surface area contributed by atoms with Crippen molar-refractivity contribution in [2.24, 2.45) is 0 Å². The van der Waals surface area contributed by atoms with Crippen molar-refractivity contribution >= 4 is 50.5 Å². The lowest BCUT2D eigenvalue weighted by Crippen LogP contribution is -2.37. The molecule has 0 spiro atoms. The number of carbonyl (C=O) groups is 2. The predicted octanol–water partition coefficient (Wildman–Crippen LogP) is 4.00. The average molecular weight is 423 g/mol. The van der Waals surface area contributed by atoms with Crippen LogP contribution in [-0.2, 0) is 24.3 Å². The van der Waals surface area contributed by atoms with Crippen molar-refractivity contribution in [1.82, 2.24) is 14.5 Å². The van der Waals surface area contributed by atoms with Gasteiger partial charge in [-0.3, -0.25) is 14.9 Å². The highest BCUT2D eigenvalue weighted by molar-refractivity contribution is 7.16. The third-order valence-electron chi connectivity index (χ3n) is 5.04. The maximum atomic E-state index is 12.9. The molecule has 0 aliphatic carbocycles. The van der Waals surface area contributed by atoms with Gasteiger partial charge >= 0.3 is 0 Å². The Labute approximate surface area is 175 Å². The Morgan fingerprint density at radius 1 is 1.14 bits per heavy atom. The van der Waals surface area contributed by atoms with E-state index < -0.39 is 0 Å². The SMILES string of the molecule is O=C(Nc1nc2c(s1)CN(C(=O)Cn1ccc3ccccc31)CC2)c1cccs1. The van der Waals surface area contributed by atoms with Crippen LogP contribution < -0.4 is 5.32 Å². The molecule has 0 unspecified atom stereocenters. The second kappa shape index (κ2) is 7.46. The summed E-state index contributed by atoms with van der Waals surface area (Å²) in [6.07, 6.45) is 2.67. The van der Waals surface area contributed by atoms with E-state index in [0.717, 1.165) is 21.5 Å². The van der Waals surface area contributed by atoms with Gasteiger partial charge < -0.3 is 9.47 Å². The number of nitrogens with zero attached hydrogens (tertiary/aromatic N) is 3. The molecule has 146 valence electrons. The number of hydrogen-bond acceptors (Lipinski definition) is 5. The van der Waals surface area contributed by atoms with Crippen LogP contribution in [0.4, 0.5) is 5.13 Å². The summed E-state index contributed by atoms with van der Waals surface area (Å²) in [6.45, 7) is 1.51. The molecule has 4 aromatic rings. The van der Waals surface area contributed by atoms with Gasteiger partial charge in [-0.2, -0.15) is 0 Å². The number of hydrogen-bond donors (Lipinski definition) is 1. The van der Waals surface area contributed by atoms with Gasteiger partial charge in [0.05, 0.1) is 17.1 Å². The summed E-state index contributed by atoms with van der Waals surface area (Å²) < 4.78 is 1.99. The fraction of sp³-hybridized carbons (Fsp3) is 0.190. The summed E-state index contributed by atoms with van der Waals surface area (Å²) in [6, 6.07) is 13.7. The minimum absolute atomic E-state index is 0.0922. The number of rotatable bonds is 4. The number of aromatic nitrogens is 2. The molecule has 3 aromatic heterocycles. The first-order valence-electron chi connectivity index (χ1n) is 9.32. The van der Waals surface area contributed by atoms with Gasteiger partial charge in [0.2, 0.25) is 5.91 Å². The monoisotopic (exact) mass is 422 g/mol. The first-order valence-corrected chi connectivity index (χ1v) is 11.0. The highest BCUT2D eigenvalue weighted by Crippen LogP contribution is 2.29. The van der Waals surface area contributed by atoms with Gasteiger partial charge in [-0.15, -0.1) is 11.3 Å². The summed E-state index contributed by atoms with van der Waals surface area (Å²) in [5.41, 5.74) is 2.04. The lowest BCUT2D eigenvalue weighted by Gasteiger charge is -2.26. The Kier molecular flexibility index (Phi) is 4.65. The standard InChI is InChI=1S/C21H18N4O2S2/c26-19(13-24-9-7-14-4-1-2-5-16(14)24)25-10-8-15-18(12-25)29-21(22-15)23-20(27)17-6-3-11-28-17/h1-7,9,11H,8,10,12-13H2,(H,22,23,27). The van der Waals surface area contributed by atoms with Crippen LogP contribution in [0.5, 0.6) is 0 Å². The van der Waals surface area contributed by atoms with Crippen molar-refractivity contribution in [2.45, 2.75) is 19.5 Å². The molecule has 6 nitrogen and oxygen atoms in total. The third-order valence-corrected chi connectivity index (χ3v) is 6.90. The molecule has 0 radical (unpaired) electrons. The summed E-state index contributed by atoms with van der Waals surface area (Å²) >= 11 is 2.85. The summed E-state index contributed by atoms with van der Waals surface area (Å²) in [5.74, 6) is -0.0481. The van der Waals surface area contributed by atoms with E-state index in [2.05, 4.69) is 10.3 Å². The Morgan fingerprint density at radius 3 is 2.90 bits per heavy atom. The Morgan fingerprint density at radius 2 is 2.03 bits per heavy atom. The van der Waals surface area contributed by atoms with Crippen LogP contribution in [0, 0.1) is 0 Å². The van der Waals surface area contributed by atoms with Crippen molar-refractivity contribution < 1.29 is 9.59 Å². The van der Waals surface area contributed by atoms with E-state index in [-0.39, 0.29) is 11.8 Å². The largest absolute Gasteiger partial charge is 0.338 e. The van der Waals surface area contributed by atoms with E-state index in [1.54, 1.807) is 6.07 Å². The van der Waals surface area contributed by atoms with Crippen molar-refractivity contribution in [3.63, 3.8) is 0 Å². The first-order chi connectivity index (χ1) is 14.2. The normalized spacial score (nSPS) is 13.4. The summed E-state index contributed by atoms with van der Waals surface area (Å²) in [5, 5.41) is 6.48. The van der Waals surface area contributed by atoms with Crippen LogP contribution >= 0.6 is 22.7 Å². The fourth-order valence-corrected chi connectivity index (χ4v) is 5.19. The summed E-state index contributed by atoms with van der Waals surface area (Å²) in [7, 11) is 0. The molecule has 1 N–H and O–H groups in total. The van der Waals surface area contributed by atoms with E-state index in [0.29, 0.717) is 36.1 Å². The maximum absolute atomic E-state index is 12.9. The number of thiophene rings is 1. The Balaban J connectivity index is 1.27. The first kappa shape index (κ1) is 18.1. The zero-order valence-corrected chi connectivity index (χ0v) is 17.1. The van der Waals surface area contributed by atoms with E-state index in [1.807, 2.05) is 57.4 Å². The minimum atomic E-state index is -0.140. The molecule has 1 aliphatic rings. The smallest absolute Gasteiger partial charge is 0.267 e. The maximum Gasteiger partial charge on any atom is 0.267 e. The molecule has 8 heteroatoms. The number of amides is 2. The molecule has 5 rings (SSSR count). The molecule has 0 saturated heterocycles. The van der Waals surface area contributed by atoms with E-state index in [9.17, 15) is 9.59 Å². The zero-order valence-electron chi connectivity index (χ0n) is 15.5. The molecule has 0 atom stereocenters. The number of benzene rings is 1. The van der Waals surface area contributed by atoms with Crippen molar-refractivity contribution in [1.29, 1.82) is 0 Å². The molecule has 0 saturated carbocycles. The highest BCUT2D eigenvalue weighted by Gasteiger charge is 2.25. The van der Waals surface area contributed by atoms with Gasteiger partial charge in [0, 0.05) is 29.6 Å². The summed E-state index contributed by atoms with van der Waals surface area (Å²) in [4.78, 5) is 33.3. The van der Waals surface area contributed by atoms with Gasteiger partial charge in [-0.05, 0) is 29.0 Å². The minimum Gasteiger partial charge on any atom is -0.338 e. The fourth-order valence-electron chi connectivity index (χ4n) is 3.55. The molecule has 0 fully saturated rings. The van der Waals surface area contributed by atoms with Gasteiger partial charge in [-0.1, -0.05) is 35.6 Å². The zero-order chi connectivity index (χ0) is 19.8. The van der Waals surface area contributed by atoms with Crippen LogP contribution in [0.1, 0.15) is 20.2 Å². The number of para-hydroxylation sites is 1. The van der Waals surface area contributed by atoms with Gasteiger partial charge in [-0.25, -0.2) is 4.98 Å². The van der Waals surface area contributed by atoms with E-state index in [1.165, 1.54) is 22.7 Å². The number of fused-ring (bicyclic) bond motifs is 2. The number of anilines is 1. The van der Waals surface area contributed by atoms with Gasteiger partial charge in [0.25, 0.3) is 5.91 Å². The van der Waals surface area contributed by atoms with Crippen molar-refractivity contribution in [3.05, 3.63) is 69.5 Å². The molecular formula is C21H18N4O2S2. The van der Waals surface area contributed by atoms with E-state index in [4.69, 9.17) is 0 Å². The number of carbonyl (C=O) groups excluding carboxylic acids is 2. The average Bonchev–Trinajstić information content (AvgIpc) is 3.47. The molecule has 4 heterocycles. The second-order valence-electron chi connectivity index (χ2n) is 6.89. The third kappa shape index (κ3) is 3.56. The van der Waals surface area contributed by atoms with Crippen molar-refractivity contribution in [3.8, 4) is 0 Å². The predicted molar refractivity (Wildman–Crippen MR) is 115 cm³/mol. The quantitative estimate of drug-likeness (QED) is 0.541. The molecule has 1 aliphatic heterocycles. The molecular weight excluding hydrogens is 404 g/mol. The lowest BCUT2D eigenvalue weighted by atomic mass is 10.2. The van der Waals surface area contributed by atoms with Gasteiger partial charge in [0.15, 0.2) is 5.13 Å². The van der Waals surface area contributed by atoms with E-state index >= 15 is 0 Å². The lowest BCUT2D eigenvalue weighted by molar-refractivity contribution is -0.132. The van der Waals surface area contributed by atoms with Crippen LogP contribution in [0.3, 0.4) is 0 Å². The Hall–Kier alpha value is -2.97. The van der Waals surface area contributed by atoms with Crippen LogP contribution in [0.15, 0.2) is 54.0 Å². The molecule has 1 aromatic carbocycles. The van der Waals surface area contributed by atoms with Crippen LogP contribution in [0.2, 0.25) is 0 Å². The number of nitrogens with one attached hydrogen (secondary N) is 1. The second-order valence-corrected chi connectivity index (χ2v) is 8.92. The highest BCUT2D eigenvalue weighted by atomic mass is 32.1. The Bertz CT molecular complexity index is 1190. The van der Waals surface area contributed by atoms with Crippen molar-refractivity contribution in [2.75, 3.05) is 11.9 Å². The molecule has 0 bridgehead atoms. The van der Waals surface area contributed by atoms with Crippen LogP contribution in [-0.4, -0.2) is 32.8 Å². The molecule has 29 heavy (non-hydrogen) atoms.